The first-order chi connectivity index (χ1) is 7.68. The lowest BCUT2D eigenvalue weighted by Crippen LogP contribution is -2.15. The molecule has 1 aromatic heterocycles. The number of nitrogens with two attached hydrogens (primary N) is 1. The Labute approximate surface area is 95.1 Å². The van der Waals surface area contributed by atoms with Crippen molar-refractivity contribution in [1.29, 1.82) is 0 Å². The van der Waals surface area contributed by atoms with E-state index in [4.69, 9.17) is 5.73 Å². The number of aromatic nitrogens is 2. The predicted octanol–water partition coefficient (Wildman–Crippen LogP) is 2.06. The average Bonchev–Trinajstić information content (AvgIpc) is 2.78. The molecule has 1 unspecified atom stereocenters. The van der Waals surface area contributed by atoms with Crippen molar-refractivity contribution in [3.63, 3.8) is 0 Å². The first kappa shape index (κ1) is 11.1. The molecule has 0 aliphatic carbocycles. The maximum atomic E-state index is 13.3. The molecule has 0 spiro atoms. The van der Waals surface area contributed by atoms with Crippen LogP contribution < -0.4 is 5.73 Å². The van der Waals surface area contributed by atoms with Crippen LogP contribution in [0.5, 0.6) is 0 Å². The lowest BCUT2D eigenvalue weighted by Gasteiger charge is -2.09. The summed E-state index contributed by atoms with van der Waals surface area (Å²) in [6.45, 7) is 0. The minimum absolute atomic E-state index is 0.203. The highest BCUT2D eigenvalue weighted by atomic mass is 32.1. The van der Waals surface area contributed by atoms with Gasteiger partial charge >= 0.3 is 0 Å². The largest absolute Gasteiger partial charge is 0.322 e. The van der Waals surface area contributed by atoms with Crippen molar-refractivity contribution < 1.29 is 8.78 Å². The lowest BCUT2D eigenvalue weighted by molar-refractivity contribution is 0.493. The van der Waals surface area contributed by atoms with Gasteiger partial charge in [0.2, 0.25) is 0 Å². The number of nitrogens with zero attached hydrogens (tertiary/aromatic N) is 2. The number of rotatable bonds is 3. The van der Waals surface area contributed by atoms with Crippen molar-refractivity contribution in [2.24, 2.45) is 5.73 Å². The van der Waals surface area contributed by atoms with Gasteiger partial charge in [0.1, 0.15) is 0 Å². The van der Waals surface area contributed by atoms with Gasteiger partial charge in [-0.15, -0.1) is 5.10 Å². The molecule has 0 saturated heterocycles. The molecule has 2 N–H and O–H groups in total. The van der Waals surface area contributed by atoms with Gasteiger partial charge in [0.05, 0.1) is 11.7 Å². The van der Waals surface area contributed by atoms with E-state index in [0.29, 0.717) is 5.69 Å². The van der Waals surface area contributed by atoms with Crippen LogP contribution in [0.3, 0.4) is 0 Å². The van der Waals surface area contributed by atoms with Crippen molar-refractivity contribution >= 4 is 11.5 Å². The molecule has 6 heteroatoms. The molecule has 0 saturated carbocycles. The summed E-state index contributed by atoms with van der Waals surface area (Å²) in [7, 11) is 0. The normalized spacial score (nSPS) is 12.7. The van der Waals surface area contributed by atoms with Crippen LogP contribution in [-0.4, -0.2) is 9.59 Å². The average molecular weight is 241 g/mol. The van der Waals surface area contributed by atoms with Crippen molar-refractivity contribution in [3.05, 3.63) is 46.5 Å². The van der Waals surface area contributed by atoms with Crippen LogP contribution in [-0.2, 0) is 6.42 Å². The molecule has 2 aromatic rings. The molecule has 0 amide bonds. The molecular weight excluding hydrogens is 232 g/mol. The molecule has 0 aliphatic heterocycles. The maximum Gasteiger partial charge on any atom is 0.162 e. The summed E-state index contributed by atoms with van der Waals surface area (Å²) < 4.78 is 29.9. The molecule has 3 nitrogen and oxygen atoms in total. The lowest BCUT2D eigenvalue weighted by atomic mass is 10.0. The van der Waals surface area contributed by atoms with Crippen LogP contribution in [0.15, 0.2) is 23.6 Å². The number of benzene rings is 1. The summed E-state index contributed by atoms with van der Waals surface area (Å²) in [5, 5.41) is 5.49. The van der Waals surface area contributed by atoms with Gasteiger partial charge in [-0.25, -0.2) is 8.78 Å². The van der Waals surface area contributed by atoms with Crippen LogP contribution in [0.25, 0.3) is 0 Å². The zero-order chi connectivity index (χ0) is 11.5. The van der Waals surface area contributed by atoms with Crippen molar-refractivity contribution in [3.8, 4) is 0 Å². The summed E-state index contributed by atoms with van der Waals surface area (Å²) >= 11 is 1.18. The third kappa shape index (κ3) is 2.23. The SMILES string of the molecule is NC(Cc1cccc(F)c1F)c1csnn1. The molecule has 1 atom stereocenters. The highest BCUT2D eigenvalue weighted by Gasteiger charge is 2.14. The van der Waals surface area contributed by atoms with E-state index in [1.54, 1.807) is 5.38 Å². The van der Waals surface area contributed by atoms with Crippen LogP contribution in [0.2, 0.25) is 0 Å². The Hall–Kier alpha value is -1.40. The third-order valence-corrected chi connectivity index (χ3v) is 2.75. The molecule has 0 fully saturated rings. The summed E-state index contributed by atoms with van der Waals surface area (Å²) in [6, 6.07) is 3.59. The summed E-state index contributed by atoms with van der Waals surface area (Å²) in [5.74, 6) is -1.71. The van der Waals surface area contributed by atoms with E-state index in [0.717, 1.165) is 6.07 Å². The van der Waals surface area contributed by atoms with Crippen LogP contribution in [0.1, 0.15) is 17.3 Å². The van der Waals surface area contributed by atoms with Crippen molar-refractivity contribution in [1.82, 2.24) is 9.59 Å². The zero-order valence-corrected chi connectivity index (χ0v) is 9.05. The van der Waals surface area contributed by atoms with Crippen LogP contribution in [0.4, 0.5) is 8.78 Å². The molecule has 2 rings (SSSR count). The molecule has 1 heterocycles. The fraction of sp³-hybridized carbons (Fsp3) is 0.200. The maximum absolute atomic E-state index is 13.3. The number of hydrogen-bond acceptors (Lipinski definition) is 4. The van der Waals surface area contributed by atoms with E-state index in [2.05, 4.69) is 9.59 Å². The Balaban J connectivity index is 2.18. The molecular formula is C10H9F2N3S. The first-order valence-electron chi connectivity index (χ1n) is 4.64. The van der Waals surface area contributed by atoms with Gasteiger partial charge in [-0.05, 0) is 29.6 Å². The second-order valence-electron chi connectivity index (χ2n) is 3.35. The van der Waals surface area contributed by atoms with Crippen molar-refractivity contribution in [2.75, 3.05) is 0 Å². The first-order valence-corrected chi connectivity index (χ1v) is 5.47. The fourth-order valence-electron chi connectivity index (χ4n) is 1.38. The molecule has 1 aromatic carbocycles. The topological polar surface area (TPSA) is 51.8 Å². The Kier molecular flexibility index (Phi) is 3.21. The van der Waals surface area contributed by atoms with E-state index >= 15 is 0 Å². The molecule has 0 radical (unpaired) electrons. The number of halogens is 2. The van der Waals surface area contributed by atoms with Gasteiger partial charge in [0.15, 0.2) is 11.6 Å². The Bertz CT molecular complexity index is 473. The van der Waals surface area contributed by atoms with Gasteiger partial charge in [-0.3, -0.25) is 0 Å². The van der Waals surface area contributed by atoms with Gasteiger partial charge in [0, 0.05) is 5.38 Å². The Morgan fingerprint density at radius 1 is 1.38 bits per heavy atom. The quantitative estimate of drug-likeness (QED) is 0.894. The zero-order valence-electron chi connectivity index (χ0n) is 8.23. The second kappa shape index (κ2) is 4.63. The third-order valence-electron chi connectivity index (χ3n) is 2.23. The number of hydrogen-bond donors (Lipinski definition) is 1. The smallest absolute Gasteiger partial charge is 0.162 e. The van der Waals surface area contributed by atoms with Gasteiger partial charge in [-0.2, -0.15) is 0 Å². The Morgan fingerprint density at radius 3 is 2.88 bits per heavy atom. The minimum Gasteiger partial charge on any atom is -0.322 e. The highest BCUT2D eigenvalue weighted by molar-refractivity contribution is 7.03. The van der Waals surface area contributed by atoms with Gasteiger partial charge < -0.3 is 5.73 Å². The Morgan fingerprint density at radius 2 is 2.19 bits per heavy atom. The van der Waals surface area contributed by atoms with E-state index < -0.39 is 17.7 Å². The second-order valence-corrected chi connectivity index (χ2v) is 3.96. The van der Waals surface area contributed by atoms with E-state index in [1.165, 1.54) is 23.7 Å². The molecule has 0 bridgehead atoms. The summed E-state index contributed by atoms with van der Waals surface area (Å²) in [5.41, 5.74) is 6.65. The monoisotopic (exact) mass is 241 g/mol. The van der Waals surface area contributed by atoms with E-state index in [-0.39, 0.29) is 12.0 Å². The molecule has 84 valence electrons. The predicted molar refractivity (Wildman–Crippen MR) is 56.9 cm³/mol. The standard InChI is InChI=1S/C10H9F2N3S/c11-7-3-1-2-6(10(7)12)4-8(13)9-5-16-15-14-9/h1-3,5,8H,4,13H2. The van der Waals surface area contributed by atoms with Gasteiger partial charge in [-0.1, -0.05) is 16.6 Å². The van der Waals surface area contributed by atoms with Crippen LogP contribution in [0, 0.1) is 11.6 Å². The fourth-order valence-corrected chi connectivity index (χ4v) is 1.90. The molecule has 16 heavy (non-hydrogen) atoms. The minimum atomic E-state index is -0.860. The summed E-state index contributed by atoms with van der Waals surface area (Å²) in [4.78, 5) is 0. The molecule has 0 aliphatic rings. The van der Waals surface area contributed by atoms with Gasteiger partial charge in [0.25, 0.3) is 0 Å². The van der Waals surface area contributed by atoms with Crippen molar-refractivity contribution in [2.45, 2.75) is 12.5 Å². The van der Waals surface area contributed by atoms with E-state index in [9.17, 15) is 8.78 Å². The highest BCUT2D eigenvalue weighted by Crippen LogP contribution is 2.18. The summed E-state index contributed by atoms with van der Waals surface area (Å²) in [6.07, 6.45) is 0.203. The van der Waals surface area contributed by atoms with E-state index in [1.807, 2.05) is 0 Å². The van der Waals surface area contributed by atoms with Crippen LogP contribution >= 0.6 is 11.5 Å².